The minimum atomic E-state index is -0.463. The number of hydrogen-bond donors (Lipinski definition) is 2. The Bertz CT molecular complexity index is 812. The molecule has 0 saturated carbocycles. The number of aldehydes is 2. The van der Waals surface area contributed by atoms with Gasteiger partial charge in [0.1, 0.15) is 17.8 Å². The monoisotopic (exact) mass is 301 g/mol. The highest BCUT2D eigenvalue weighted by molar-refractivity contribution is 5.80. The van der Waals surface area contributed by atoms with E-state index >= 15 is 0 Å². The SMILES string of the molecule is N/C(C=O)=C1/Cc2c(C=O)ncn2-c2cc(F)ccc2N1N. The first-order valence-electron chi connectivity index (χ1n) is 6.36. The lowest BCUT2D eigenvalue weighted by Gasteiger charge is -2.22. The second kappa shape index (κ2) is 5.08. The normalized spacial score (nSPS) is 15.6. The van der Waals surface area contributed by atoms with Crippen LogP contribution < -0.4 is 16.6 Å². The molecule has 0 bridgehead atoms. The Morgan fingerprint density at radius 3 is 2.77 bits per heavy atom. The van der Waals surface area contributed by atoms with Crippen molar-refractivity contribution < 1.29 is 14.0 Å². The third kappa shape index (κ3) is 1.97. The van der Waals surface area contributed by atoms with E-state index in [9.17, 15) is 14.0 Å². The number of anilines is 1. The average Bonchev–Trinajstić information content (AvgIpc) is 2.88. The van der Waals surface area contributed by atoms with Crippen LogP contribution in [0.5, 0.6) is 0 Å². The summed E-state index contributed by atoms with van der Waals surface area (Å²) in [4.78, 5) is 26.2. The molecule has 0 radical (unpaired) electrons. The van der Waals surface area contributed by atoms with Crippen LogP contribution in [0, 0.1) is 5.82 Å². The van der Waals surface area contributed by atoms with Crippen molar-refractivity contribution in [1.29, 1.82) is 0 Å². The Morgan fingerprint density at radius 1 is 1.32 bits per heavy atom. The number of nitrogens with zero attached hydrogens (tertiary/aromatic N) is 3. The first-order valence-corrected chi connectivity index (χ1v) is 6.36. The van der Waals surface area contributed by atoms with Crippen molar-refractivity contribution in [3.05, 3.63) is 53.1 Å². The van der Waals surface area contributed by atoms with E-state index in [-0.39, 0.29) is 17.8 Å². The van der Waals surface area contributed by atoms with Gasteiger partial charge in [-0.15, -0.1) is 0 Å². The van der Waals surface area contributed by atoms with Gasteiger partial charge in [-0.3, -0.25) is 19.2 Å². The smallest absolute Gasteiger partial charge is 0.170 e. The number of nitrogens with two attached hydrogens (primary N) is 2. The molecular weight excluding hydrogens is 289 g/mol. The highest BCUT2D eigenvalue weighted by Gasteiger charge is 2.26. The predicted molar refractivity (Wildman–Crippen MR) is 76.6 cm³/mol. The fraction of sp³-hybridized carbons (Fsp3) is 0.0714. The van der Waals surface area contributed by atoms with Crippen molar-refractivity contribution in [3.8, 4) is 5.69 Å². The fourth-order valence-electron chi connectivity index (χ4n) is 2.46. The van der Waals surface area contributed by atoms with E-state index in [1.54, 1.807) is 4.57 Å². The summed E-state index contributed by atoms with van der Waals surface area (Å²) in [6, 6.07) is 3.99. The van der Waals surface area contributed by atoms with E-state index in [1.165, 1.54) is 29.5 Å². The molecule has 2 heterocycles. The molecule has 0 fully saturated rings. The van der Waals surface area contributed by atoms with Gasteiger partial charge in [0.15, 0.2) is 12.6 Å². The van der Waals surface area contributed by atoms with Crippen LogP contribution in [0.25, 0.3) is 5.69 Å². The van der Waals surface area contributed by atoms with Crippen LogP contribution in [0.4, 0.5) is 10.1 Å². The molecule has 1 aromatic carbocycles. The summed E-state index contributed by atoms with van der Waals surface area (Å²) < 4.78 is 15.2. The summed E-state index contributed by atoms with van der Waals surface area (Å²) in [5, 5.41) is 1.22. The third-order valence-corrected chi connectivity index (χ3v) is 3.55. The molecule has 0 amide bonds. The molecule has 0 aliphatic carbocycles. The lowest BCUT2D eigenvalue weighted by Crippen LogP contribution is -2.33. The quantitative estimate of drug-likeness (QED) is 0.473. The molecule has 112 valence electrons. The van der Waals surface area contributed by atoms with Crippen LogP contribution in [0.2, 0.25) is 0 Å². The Balaban J connectivity index is 2.36. The average molecular weight is 301 g/mol. The molecule has 4 N–H and O–H groups in total. The molecule has 0 atom stereocenters. The van der Waals surface area contributed by atoms with E-state index < -0.39 is 5.82 Å². The van der Waals surface area contributed by atoms with E-state index in [0.717, 1.165) is 0 Å². The first-order chi connectivity index (χ1) is 10.6. The second-order valence-electron chi connectivity index (χ2n) is 4.76. The summed E-state index contributed by atoms with van der Waals surface area (Å²) in [6.07, 6.45) is 2.59. The van der Waals surface area contributed by atoms with Crippen LogP contribution in [-0.4, -0.2) is 22.1 Å². The van der Waals surface area contributed by atoms with Gasteiger partial charge >= 0.3 is 0 Å². The number of aromatic nitrogens is 2. The van der Waals surface area contributed by atoms with E-state index in [1.807, 2.05) is 0 Å². The Morgan fingerprint density at radius 2 is 2.09 bits per heavy atom. The zero-order valence-electron chi connectivity index (χ0n) is 11.4. The zero-order chi connectivity index (χ0) is 15.9. The Labute approximate surface area is 124 Å². The molecular formula is C14H12FN5O2. The van der Waals surface area contributed by atoms with Crippen LogP contribution >= 0.6 is 0 Å². The number of hydrazine groups is 1. The second-order valence-corrected chi connectivity index (χ2v) is 4.76. The van der Waals surface area contributed by atoms with Crippen molar-refractivity contribution in [3.63, 3.8) is 0 Å². The molecule has 1 aliphatic rings. The molecule has 22 heavy (non-hydrogen) atoms. The van der Waals surface area contributed by atoms with Crippen molar-refractivity contribution in [1.82, 2.24) is 9.55 Å². The minimum Gasteiger partial charge on any atom is -0.395 e. The number of benzene rings is 1. The number of halogens is 1. The van der Waals surface area contributed by atoms with Crippen LogP contribution in [0.1, 0.15) is 16.2 Å². The van der Waals surface area contributed by atoms with Crippen molar-refractivity contribution in [2.45, 2.75) is 6.42 Å². The van der Waals surface area contributed by atoms with Gasteiger partial charge in [0.2, 0.25) is 0 Å². The highest BCUT2D eigenvalue weighted by atomic mass is 19.1. The van der Waals surface area contributed by atoms with Gasteiger partial charge in [0, 0.05) is 12.5 Å². The number of hydrogen-bond acceptors (Lipinski definition) is 6. The molecule has 0 spiro atoms. The molecule has 1 aliphatic heterocycles. The summed E-state index contributed by atoms with van der Waals surface area (Å²) in [7, 11) is 0. The van der Waals surface area contributed by atoms with E-state index in [4.69, 9.17) is 11.6 Å². The van der Waals surface area contributed by atoms with Crippen molar-refractivity contribution in [2.24, 2.45) is 11.6 Å². The molecule has 2 aromatic rings. The lowest BCUT2D eigenvalue weighted by molar-refractivity contribution is -0.105. The largest absolute Gasteiger partial charge is 0.395 e. The molecule has 7 nitrogen and oxygen atoms in total. The fourth-order valence-corrected chi connectivity index (χ4v) is 2.46. The maximum Gasteiger partial charge on any atom is 0.170 e. The summed E-state index contributed by atoms with van der Waals surface area (Å²) in [5.74, 6) is 5.58. The Kier molecular flexibility index (Phi) is 3.22. The summed E-state index contributed by atoms with van der Waals surface area (Å²) in [6.45, 7) is 0. The number of fused-ring (bicyclic) bond motifs is 3. The number of rotatable bonds is 2. The number of allylic oxidation sites excluding steroid dienone is 2. The third-order valence-electron chi connectivity index (χ3n) is 3.55. The summed E-state index contributed by atoms with van der Waals surface area (Å²) >= 11 is 0. The minimum absolute atomic E-state index is 0.0655. The van der Waals surface area contributed by atoms with Crippen molar-refractivity contribution >= 4 is 18.3 Å². The number of carbonyl (C=O) groups excluding carboxylic acids is 2. The van der Waals surface area contributed by atoms with Gasteiger partial charge in [0.25, 0.3) is 0 Å². The number of imidazole rings is 1. The molecule has 3 rings (SSSR count). The molecule has 0 unspecified atom stereocenters. The van der Waals surface area contributed by atoms with Crippen LogP contribution in [-0.2, 0) is 11.2 Å². The van der Waals surface area contributed by atoms with Gasteiger partial charge in [0.05, 0.1) is 28.5 Å². The van der Waals surface area contributed by atoms with Gasteiger partial charge in [-0.25, -0.2) is 15.2 Å². The van der Waals surface area contributed by atoms with Gasteiger partial charge in [-0.1, -0.05) is 0 Å². The first kappa shape index (κ1) is 14.0. The summed E-state index contributed by atoms with van der Waals surface area (Å²) in [5.41, 5.74) is 7.47. The Hall–Kier alpha value is -3.00. The zero-order valence-corrected chi connectivity index (χ0v) is 11.4. The van der Waals surface area contributed by atoms with Crippen LogP contribution in [0.15, 0.2) is 35.9 Å². The lowest BCUT2D eigenvalue weighted by atomic mass is 10.1. The van der Waals surface area contributed by atoms with Crippen molar-refractivity contribution in [2.75, 3.05) is 5.01 Å². The van der Waals surface area contributed by atoms with E-state index in [0.29, 0.717) is 35.3 Å². The molecule has 1 aromatic heterocycles. The maximum atomic E-state index is 13.6. The van der Waals surface area contributed by atoms with Gasteiger partial charge in [-0.05, 0) is 12.1 Å². The predicted octanol–water partition coefficient (Wildman–Crippen LogP) is 0.429. The standard InChI is InChI=1S/C14H12FN5O2/c15-8-1-2-11-14(3-8)19-7-18-10(6-22)13(19)4-12(20(11)17)9(16)5-21/h1-3,5-7H,4,16-17H2/b12-9-. The molecule has 8 heteroatoms. The topological polar surface area (TPSA) is 107 Å². The van der Waals surface area contributed by atoms with Gasteiger partial charge < -0.3 is 5.73 Å². The van der Waals surface area contributed by atoms with Gasteiger partial charge in [-0.2, -0.15) is 0 Å². The van der Waals surface area contributed by atoms with E-state index in [2.05, 4.69) is 4.98 Å². The molecule has 0 saturated heterocycles. The highest BCUT2D eigenvalue weighted by Crippen LogP contribution is 2.33. The van der Waals surface area contributed by atoms with Crippen LogP contribution in [0.3, 0.4) is 0 Å². The maximum absolute atomic E-state index is 13.6. The number of carbonyl (C=O) groups is 2.